The van der Waals surface area contributed by atoms with Gasteiger partial charge in [0.25, 0.3) is 0 Å². The maximum Gasteiger partial charge on any atom is 0.248 e. The molecule has 2 saturated heterocycles. The van der Waals surface area contributed by atoms with Crippen LogP contribution in [0.15, 0.2) is 24.3 Å². The van der Waals surface area contributed by atoms with E-state index in [1.807, 2.05) is 23.1 Å². The summed E-state index contributed by atoms with van der Waals surface area (Å²) in [6, 6.07) is 7.96. The van der Waals surface area contributed by atoms with Gasteiger partial charge in [0.1, 0.15) is 0 Å². The number of nitriles is 1. The summed E-state index contributed by atoms with van der Waals surface area (Å²) in [7, 11) is 0. The first-order valence-corrected chi connectivity index (χ1v) is 7.23. The van der Waals surface area contributed by atoms with E-state index in [1.54, 1.807) is 6.07 Å². The van der Waals surface area contributed by atoms with Crippen molar-refractivity contribution in [3.63, 3.8) is 0 Å². The first-order valence-electron chi connectivity index (χ1n) is 7.23. The average molecular weight is 285 g/mol. The highest BCUT2D eigenvalue weighted by Crippen LogP contribution is 2.30. The van der Waals surface area contributed by atoms with Gasteiger partial charge in [-0.2, -0.15) is 5.26 Å². The first kappa shape index (κ1) is 13.9. The molecule has 2 fully saturated rings. The standard InChI is InChI=1S/C15H19N5O/c16-9-20-5-4-12(8-20)14-7-13(18-19-14)10-2-1-3-11(6-10)15(17)21/h1-3,6,12-14,18-19H,4-5,7-8H2,(H2,17,21). The Morgan fingerprint density at radius 1 is 1.43 bits per heavy atom. The minimum atomic E-state index is -0.403. The lowest BCUT2D eigenvalue weighted by atomic mass is 9.92. The summed E-state index contributed by atoms with van der Waals surface area (Å²) < 4.78 is 0. The van der Waals surface area contributed by atoms with E-state index < -0.39 is 5.91 Å². The molecule has 1 aromatic rings. The number of hydrogen-bond acceptors (Lipinski definition) is 5. The zero-order valence-corrected chi connectivity index (χ0v) is 11.7. The highest BCUT2D eigenvalue weighted by atomic mass is 16.1. The van der Waals surface area contributed by atoms with Gasteiger partial charge in [-0.25, -0.2) is 0 Å². The molecule has 21 heavy (non-hydrogen) atoms. The lowest BCUT2D eigenvalue weighted by Gasteiger charge is -2.17. The van der Waals surface area contributed by atoms with Gasteiger partial charge in [-0.05, 0) is 36.5 Å². The summed E-state index contributed by atoms with van der Waals surface area (Å²) in [6.07, 6.45) is 4.21. The number of amides is 1. The van der Waals surface area contributed by atoms with Gasteiger partial charge in [0.15, 0.2) is 6.19 Å². The van der Waals surface area contributed by atoms with Gasteiger partial charge >= 0.3 is 0 Å². The summed E-state index contributed by atoms with van der Waals surface area (Å²) in [6.45, 7) is 1.67. The van der Waals surface area contributed by atoms with Gasteiger partial charge < -0.3 is 10.6 Å². The van der Waals surface area contributed by atoms with Crippen LogP contribution in [0.4, 0.5) is 0 Å². The molecule has 6 heteroatoms. The highest BCUT2D eigenvalue weighted by Gasteiger charge is 2.35. The third-order valence-corrected chi connectivity index (χ3v) is 4.44. The predicted molar refractivity (Wildman–Crippen MR) is 77.7 cm³/mol. The summed E-state index contributed by atoms with van der Waals surface area (Å²) in [5, 5.41) is 8.94. The van der Waals surface area contributed by atoms with Gasteiger partial charge in [-0.1, -0.05) is 12.1 Å². The van der Waals surface area contributed by atoms with E-state index in [0.717, 1.165) is 31.5 Å². The Labute approximate surface area is 123 Å². The number of carbonyl (C=O) groups is 1. The summed E-state index contributed by atoms with van der Waals surface area (Å²) >= 11 is 0. The monoisotopic (exact) mass is 285 g/mol. The maximum absolute atomic E-state index is 11.3. The summed E-state index contributed by atoms with van der Waals surface area (Å²) in [5.41, 5.74) is 13.6. The van der Waals surface area contributed by atoms with Crippen LogP contribution in [-0.2, 0) is 0 Å². The van der Waals surface area contributed by atoms with Crippen LogP contribution >= 0.6 is 0 Å². The Morgan fingerprint density at radius 2 is 2.29 bits per heavy atom. The SMILES string of the molecule is N#CN1CCC(C2CC(c3cccc(C(N)=O)c3)NN2)C1. The average Bonchev–Trinajstić information content (AvgIpc) is 3.16. The number of rotatable bonds is 3. The van der Waals surface area contributed by atoms with Gasteiger partial charge in [-0.15, -0.1) is 0 Å². The lowest BCUT2D eigenvalue weighted by Crippen LogP contribution is -2.36. The molecule has 0 spiro atoms. The Kier molecular flexibility index (Phi) is 3.78. The van der Waals surface area contributed by atoms with Crippen LogP contribution in [0.1, 0.15) is 34.8 Å². The van der Waals surface area contributed by atoms with Crippen molar-refractivity contribution in [2.45, 2.75) is 24.9 Å². The number of hydrogen-bond donors (Lipinski definition) is 3. The van der Waals surface area contributed by atoms with Crippen LogP contribution in [0.5, 0.6) is 0 Å². The summed E-state index contributed by atoms with van der Waals surface area (Å²) in [5.74, 6) is 0.0845. The molecule has 2 heterocycles. The fourth-order valence-corrected chi connectivity index (χ4v) is 3.22. The Hall–Kier alpha value is -2.10. The molecule has 6 nitrogen and oxygen atoms in total. The summed E-state index contributed by atoms with van der Waals surface area (Å²) in [4.78, 5) is 13.1. The smallest absolute Gasteiger partial charge is 0.248 e. The van der Waals surface area contributed by atoms with Crippen molar-refractivity contribution in [1.29, 1.82) is 5.26 Å². The number of hydrazine groups is 1. The molecule has 3 atom stereocenters. The van der Waals surface area contributed by atoms with Crippen molar-refractivity contribution in [3.05, 3.63) is 35.4 Å². The van der Waals surface area contributed by atoms with Gasteiger partial charge in [0, 0.05) is 30.7 Å². The van der Waals surface area contributed by atoms with E-state index >= 15 is 0 Å². The molecule has 0 radical (unpaired) electrons. The molecular weight excluding hydrogens is 266 g/mol. The topological polar surface area (TPSA) is 94.2 Å². The van der Waals surface area contributed by atoms with Crippen LogP contribution in [-0.4, -0.2) is 29.9 Å². The molecule has 110 valence electrons. The molecule has 0 aliphatic carbocycles. The number of nitrogens with one attached hydrogen (secondary N) is 2. The fraction of sp³-hybridized carbons (Fsp3) is 0.467. The van der Waals surface area contributed by atoms with Crippen molar-refractivity contribution in [1.82, 2.24) is 15.8 Å². The van der Waals surface area contributed by atoms with E-state index in [1.165, 1.54) is 0 Å². The van der Waals surface area contributed by atoms with Crippen molar-refractivity contribution in [2.75, 3.05) is 13.1 Å². The van der Waals surface area contributed by atoms with Crippen molar-refractivity contribution >= 4 is 5.91 Å². The molecule has 2 aliphatic rings. The quantitative estimate of drug-likeness (QED) is 0.703. The van der Waals surface area contributed by atoms with Crippen LogP contribution in [0.25, 0.3) is 0 Å². The first-order chi connectivity index (χ1) is 10.2. The third kappa shape index (κ3) is 2.84. The number of nitrogens with zero attached hydrogens (tertiary/aromatic N) is 2. The molecule has 2 aliphatic heterocycles. The molecule has 0 bridgehead atoms. The highest BCUT2D eigenvalue weighted by molar-refractivity contribution is 5.92. The second kappa shape index (κ2) is 5.72. The largest absolute Gasteiger partial charge is 0.366 e. The Bertz CT molecular complexity index is 582. The molecule has 1 amide bonds. The number of benzene rings is 1. The number of carbonyl (C=O) groups excluding carboxylic acids is 1. The minimum absolute atomic E-state index is 0.172. The second-order valence-corrected chi connectivity index (χ2v) is 5.77. The zero-order valence-electron chi connectivity index (χ0n) is 11.7. The normalized spacial score (nSPS) is 28.5. The predicted octanol–water partition coefficient (Wildman–Crippen LogP) is 0.496. The zero-order chi connectivity index (χ0) is 14.8. The molecule has 0 saturated carbocycles. The van der Waals surface area contributed by atoms with Gasteiger partial charge in [0.2, 0.25) is 5.91 Å². The van der Waals surface area contributed by atoms with Crippen LogP contribution in [0, 0.1) is 17.4 Å². The van der Waals surface area contributed by atoms with Gasteiger partial charge in [0.05, 0.1) is 0 Å². The maximum atomic E-state index is 11.3. The van der Waals surface area contributed by atoms with Crippen molar-refractivity contribution in [3.8, 4) is 6.19 Å². The molecular formula is C15H19N5O. The van der Waals surface area contributed by atoms with Crippen molar-refractivity contribution in [2.24, 2.45) is 11.7 Å². The second-order valence-electron chi connectivity index (χ2n) is 5.77. The number of likely N-dealkylation sites (tertiary alicyclic amines) is 1. The number of nitrogens with two attached hydrogens (primary N) is 1. The van der Waals surface area contributed by atoms with E-state index in [2.05, 4.69) is 17.0 Å². The van der Waals surface area contributed by atoms with Crippen LogP contribution in [0.3, 0.4) is 0 Å². The molecule has 4 N–H and O–H groups in total. The number of primary amides is 1. The van der Waals surface area contributed by atoms with Crippen molar-refractivity contribution < 1.29 is 4.79 Å². The lowest BCUT2D eigenvalue weighted by molar-refractivity contribution is 0.1000. The van der Waals surface area contributed by atoms with Gasteiger partial charge in [-0.3, -0.25) is 15.6 Å². The third-order valence-electron chi connectivity index (χ3n) is 4.44. The van der Waals surface area contributed by atoms with Crippen LogP contribution < -0.4 is 16.6 Å². The fourth-order valence-electron chi connectivity index (χ4n) is 3.22. The van der Waals surface area contributed by atoms with E-state index in [0.29, 0.717) is 17.5 Å². The molecule has 0 aromatic heterocycles. The van der Waals surface area contributed by atoms with E-state index in [-0.39, 0.29) is 6.04 Å². The molecule has 3 unspecified atom stereocenters. The Balaban J connectivity index is 1.66. The van der Waals surface area contributed by atoms with Crippen LogP contribution in [0.2, 0.25) is 0 Å². The Morgan fingerprint density at radius 3 is 3.00 bits per heavy atom. The van der Waals surface area contributed by atoms with E-state index in [9.17, 15) is 4.79 Å². The van der Waals surface area contributed by atoms with E-state index in [4.69, 9.17) is 11.0 Å². The minimum Gasteiger partial charge on any atom is -0.366 e. The molecule has 1 aromatic carbocycles. The molecule has 3 rings (SSSR count).